The minimum Gasteiger partial charge on any atom is -0.314 e. The fourth-order valence-corrected chi connectivity index (χ4v) is 1.92. The summed E-state index contributed by atoms with van der Waals surface area (Å²) in [5.74, 6) is 0. The molecule has 1 aromatic rings. The molecule has 92 valence electrons. The number of hydrogen-bond donors (Lipinski definition) is 2. The van der Waals surface area contributed by atoms with Crippen LogP contribution in [0.5, 0.6) is 0 Å². The second-order valence-electron chi connectivity index (χ2n) is 3.85. The summed E-state index contributed by atoms with van der Waals surface area (Å²) in [7, 11) is 0. The van der Waals surface area contributed by atoms with Gasteiger partial charge in [0, 0.05) is 32.4 Å². The number of piperazine rings is 1. The van der Waals surface area contributed by atoms with Crippen LogP contribution in [-0.2, 0) is 0 Å². The van der Waals surface area contributed by atoms with Crippen molar-refractivity contribution >= 4 is 5.69 Å². The highest BCUT2D eigenvalue weighted by atomic mass is 16.1. The summed E-state index contributed by atoms with van der Waals surface area (Å²) in [6, 6.07) is 1.73. The van der Waals surface area contributed by atoms with Crippen LogP contribution in [0.1, 0.15) is 0 Å². The van der Waals surface area contributed by atoms with E-state index in [4.69, 9.17) is 0 Å². The number of aromatic nitrogens is 2. The topological polar surface area (TPSA) is 64.3 Å². The molecule has 2 N–H and O–H groups in total. The highest BCUT2D eigenvalue weighted by Gasteiger charge is 2.19. The summed E-state index contributed by atoms with van der Waals surface area (Å²) in [6.07, 6.45) is 3.39. The Hall–Kier alpha value is -1.66. The Labute approximate surface area is 99.9 Å². The molecule has 6 heteroatoms. The Morgan fingerprint density at radius 2 is 2.29 bits per heavy atom. The molecule has 0 spiro atoms. The van der Waals surface area contributed by atoms with Gasteiger partial charge in [-0.2, -0.15) is 5.10 Å². The minimum atomic E-state index is -0.173. The molecule has 0 radical (unpaired) electrons. The van der Waals surface area contributed by atoms with E-state index in [0.717, 1.165) is 26.2 Å². The third-order valence-electron chi connectivity index (χ3n) is 2.72. The average Bonchev–Trinajstić information content (AvgIpc) is 2.38. The highest BCUT2D eigenvalue weighted by molar-refractivity contribution is 5.42. The van der Waals surface area contributed by atoms with E-state index in [0.29, 0.717) is 12.2 Å². The van der Waals surface area contributed by atoms with Crippen LogP contribution in [0.25, 0.3) is 0 Å². The van der Waals surface area contributed by atoms with E-state index in [1.165, 1.54) is 0 Å². The third kappa shape index (κ3) is 2.72. The number of hydrogen-bond acceptors (Lipinski definition) is 5. The quantitative estimate of drug-likeness (QED) is 0.694. The van der Waals surface area contributed by atoms with E-state index >= 15 is 0 Å². The van der Waals surface area contributed by atoms with Gasteiger partial charge in [0.1, 0.15) is 5.69 Å². The average molecular weight is 235 g/mol. The van der Waals surface area contributed by atoms with Gasteiger partial charge in [0.05, 0.1) is 6.54 Å². The maximum atomic E-state index is 11.7. The summed E-state index contributed by atoms with van der Waals surface area (Å²) >= 11 is 0. The number of aromatic amines is 1. The maximum absolute atomic E-state index is 11.7. The van der Waals surface area contributed by atoms with Crippen LogP contribution < -0.4 is 15.9 Å². The van der Waals surface area contributed by atoms with Crippen LogP contribution in [0.4, 0.5) is 5.69 Å². The normalized spacial score (nSPS) is 16.7. The molecule has 0 atom stereocenters. The van der Waals surface area contributed by atoms with Gasteiger partial charge in [0.25, 0.3) is 5.56 Å². The lowest BCUT2D eigenvalue weighted by Gasteiger charge is -2.37. The monoisotopic (exact) mass is 235 g/mol. The van der Waals surface area contributed by atoms with Crippen molar-refractivity contribution in [2.24, 2.45) is 0 Å². The molecule has 1 aromatic heterocycles. The highest BCUT2D eigenvalue weighted by Crippen LogP contribution is 2.10. The first-order valence-electron chi connectivity index (χ1n) is 5.70. The number of rotatable bonds is 4. The number of H-pyrrole nitrogens is 1. The molecule has 2 heterocycles. The molecule has 0 unspecified atom stereocenters. The van der Waals surface area contributed by atoms with Gasteiger partial charge in [-0.05, 0) is 6.07 Å². The molecule has 1 aliphatic heterocycles. The third-order valence-corrected chi connectivity index (χ3v) is 2.72. The van der Waals surface area contributed by atoms with Crippen molar-refractivity contribution in [3.63, 3.8) is 0 Å². The van der Waals surface area contributed by atoms with E-state index in [1.807, 2.05) is 5.01 Å². The van der Waals surface area contributed by atoms with E-state index in [1.54, 1.807) is 18.3 Å². The first kappa shape index (κ1) is 11.8. The minimum absolute atomic E-state index is 0.173. The predicted molar refractivity (Wildman–Crippen MR) is 66.8 cm³/mol. The summed E-state index contributed by atoms with van der Waals surface area (Å²) in [6.45, 7) is 7.98. The number of anilines is 1. The molecule has 2 rings (SSSR count). The molecule has 17 heavy (non-hydrogen) atoms. The molecule has 0 amide bonds. The molecule has 6 nitrogen and oxygen atoms in total. The Balaban J connectivity index is 2.24. The van der Waals surface area contributed by atoms with E-state index < -0.39 is 0 Å². The molecule has 0 bridgehead atoms. The van der Waals surface area contributed by atoms with Crippen LogP contribution >= 0.6 is 0 Å². The molecule has 0 aliphatic carbocycles. The fourth-order valence-electron chi connectivity index (χ4n) is 1.92. The second kappa shape index (κ2) is 5.60. The van der Waals surface area contributed by atoms with Crippen molar-refractivity contribution in [2.45, 2.75) is 0 Å². The number of hydrazine groups is 1. The number of nitrogens with zero attached hydrogens (tertiary/aromatic N) is 3. The van der Waals surface area contributed by atoms with Crippen LogP contribution in [-0.4, -0.2) is 47.9 Å². The Morgan fingerprint density at radius 1 is 1.53 bits per heavy atom. The van der Waals surface area contributed by atoms with Crippen molar-refractivity contribution < 1.29 is 0 Å². The largest absolute Gasteiger partial charge is 0.314 e. The standard InChI is InChI=1S/C11H17N5O/c1-2-7-16(15-8-5-12-6-9-15)10-3-4-13-14-11(10)17/h2-4,12H,1,5-9H2,(H,14,17). The van der Waals surface area contributed by atoms with Gasteiger partial charge >= 0.3 is 0 Å². The lowest BCUT2D eigenvalue weighted by Crippen LogP contribution is -2.53. The smallest absolute Gasteiger partial charge is 0.289 e. The van der Waals surface area contributed by atoms with Crippen molar-refractivity contribution in [3.05, 3.63) is 35.3 Å². The number of nitrogens with one attached hydrogen (secondary N) is 2. The van der Waals surface area contributed by atoms with Crippen molar-refractivity contribution in [3.8, 4) is 0 Å². The molecule has 0 saturated carbocycles. The molecule has 1 fully saturated rings. The molecule has 0 aromatic carbocycles. The molecule has 1 aliphatic rings. The van der Waals surface area contributed by atoms with Crippen LogP contribution in [0.2, 0.25) is 0 Å². The first-order valence-corrected chi connectivity index (χ1v) is 5.70. The lowest BCUT2D eigenvalue weighted by atomic mass is 10.3. The van der Waals surface area contributed by atoms with Gasteiger partial charge in [0.2, 0.25) is 0 Å². The van der Waals surface area contributed by atoms with Crippen LogP contribution in [0.15, 0.2) is 29.7 Å². The van der Waals surface area contributed by atoms with Crippen LogP contribution in [0.3, 0.4) is 0 Å². The van der Waals surface area contributed by atoms with E-state index in [-0.39, 0.29) is 5.56 Å². The van der Waals surface area contributed by atoms with Gasteiger partial charge in [-0.15, -0.1) is 6.58 Å². The van der Waals surface area contributed by atoms with E-state index in [2.05, 4.69) is 27.1 Å². The van der Waals surface area contributed by atoms with Gasteiger partial charge < -0.3 is 5.32 Å². The van der Waals surface area contributed by atoms with E-state index in [9.17, 15) is 4.79 Å². The Morgan fingerprint density at radius 3 is 2.94 bits per heavy atom. The zero-order valence-corrected chi connectivity index (χ0v) is 9.72. The molecular formula is C11H17N5O. The summed E-state index contributed by atoms with van der Waals surface area (Å²) < 4.78 is 0. The lowest BCUT2D eigenvalue weighted by molar-refractivity contribution is 0.225. The predicted octanol–water partition coefficient (Wildman–Crippen LogP) is -0.417. The molecule has 1 saturated heterocycles. The van der Waals surface area contributed by atoms with Crippen molar-refractivity contribution in [1.29, 1.82) is 0 Å². The van der Waals surface area contributed by atoms with Crippen LogP contribution in [0, 0.1) is 0 Å². The van der Waals surface area contributed by atoms with Crippen molar-refractivity contribution in [2.75, 3.05) is 37.7 Å². The van der Waals surface area contributed by atoms with Gasteiger partial charge in [-0.3, -0.25) is 9.80 Å². The van der Waals surface area contributed by atoms with Gasteiger partial charge in [-0.25, -0.2) is 10.1 Å². The van der Waals surface area contributed by atoms with Gasteiger partial charge in [0.15, 0.2) is 0 Å². The molecular weight excluding hydrogens is 218 g/mol. The van der Waals surface area contributed by atoms with Crippen molar-refractivity contribution in [1.82, 2.24) is 20.5 Å². The zero-order chi connectivity index (χ0) is 12.1. The Kier molecular flexibility index (Phi) is 3.89. The summed E-state index contributed by atoms with van der Waals surface area (Å²) in [4.78, 5) is 11.7. The first-order chi connectivity index (χ1) is 8.33. The van der Waals surface area contributed by atoms with Gasteiger partial charge in [-0.1, -0.05) is 6.08 Å². The maximum Gasteiger partial charge on any atom is 0.289 e. The Bertz CT molecular complexity index is 424. The fraction of sp³-hybridized carbons (Fsp3) is 0.455. The second-order valence-corrected chi connectivity index (χ2v) is 3.85. The zero-order valence-electron chi connectivity index (χ0n) is 9.72. The summed E-state index contributed by atoms with van der Waals surface area (Å²) in [5.41, 5.74) is 0.440. The SMILES string of the molecule is C=CCN(c1ccn[nH]c1=O)N1CCNCC1. The summed E-state index contributed by atoms with van der Waals surface area (Å²) in [5, 5.41) is 13.6.